The monoisotopic (exact) mass is 270 g/mol. The number of rotatable bonds is 4. The van der Waals surface area contributed by atoms with Gasteiger partial charge in [-0.2, -0.15) is 0 Å². The fourth-order valence-corrected chi connectivity index (χ4v) is 2.06. The molecule has 1 aromatic heterocycles. The summed E-state index contributed by atoms with van der Waals surface area (Å²) in [6.45, 7) is 8.33. The number of hydrogen-bond donors (Lipinski definition) is 2. The molecule has 2 aromatic rings. The third-order valence-corrected chi connectivity index (χ3v) is 3.22. The van der Waals surface area contributed by atoms with Gasteiger partial charge in [0.1, 0.15) is 0 Å². The van der Waals surface area contributed by atoms with Gasteiger partial charge in [-0.15, -0.1) is 0 Å². The third kappa shape index (κ3) is 3.47. The van der Waals surface area contributed by atoms with Gasteiger partial charge in [0.05, 0.1) is 6.04 Å². The molecule has 1 atom stereocenters. The molecule has 0 spiro atoms. The number of nitrogen functional groups attached to an aromatic ring is 1. The van der Waals surface area contributed by atoms with E-state index < -0.39 is 0 Å². The van der Waals surface area contributed by atoms with E-state index in [-0.39, 0.29) is 6.04 Å². The van der Waals surface area contributed by atoms with Crippen LogP contribution in [-0.2, 0) is 0 Å². The van der Waals surface area contributed by atoms with Gasteiger partial charge in [0.15, 0.2) is 0 Å². The summed E-state index contributed by atoms with van der Waals surface area (Å²) in [5.41, 5.74) is 9.75. The van der Waals surface area contributed by atoms with E-state index in [1.54, 1.807) is 0 Å². The fraction of sp³-hybridized carbons (Fsp3) is 0.375. The molecule has 1 aromatic carbocycles. The number of hydrogen-bond acceptors (Lipinski definition) is 4. The minimum absolute atomic E-state index is 0.111. The van der Waals surface area contributed by atoms with Crippen LogP contribution in [0.2, 0.25) is 0 Å². The average molecular weight is 270 g/mol. The molecule has 1 heterocycles. The number of aryl methyl sites for hydroxylation is 1. The van der Waals surface area contributed by atoms with Crippen molar-refractivity contribution in [1.82, 2.24) is 9.97 Å². The summed E-state index contributed by atoms with van der Waals surface area (Å²) in [6.07, 6.45) is 0. The Hall–Kier alpha value is -2.10. The van der Waals surface area contributed by atoms with Crippen LogP contribution < -0.4 is 11.1 Å². The van der Waals surface area contributed by atoms with Gasteiger partial charge < -0.3 is 11.1 Å². The van der Waals surface area contributed by atoms with Crippen molar-refractivity contribution in [3.8, 4) is 0 Å². The molecule has 3 N–H and O–H groups in total. The highest BCUT2D eigenvalue weighted by Gasteiger charge is 2.10. The maximum atomic E-state index is 5.82. The van der Waals surface area contributed by atoms with Crippen LogP contribution in [-0.4, -0.2) is 9.97 Å². The van der Waals surface area contributed by atoms with Crippen molar-refractivity contribution in [3.05, 3.63) is 47.3 Å². The molecule has 0 aliphatic heterocycles. The summed E-state index contributed by atoms with van der Waals surface area (Å²) in [5, 5.41) is 3.34. The summed E-state index contributed by atoms with van der Waals surface area (Å²) in [5.74, 6) is 1.06. The van der Waals surface area contributed by atoms with Gasteiger partial charge in [0.2, 0.25) is 5.95 Å². The standard InChI is InChI=1S/C16H22N4/c1-10(2)15-8-11(3)18-16(20-15)19-12(4)13-6-5-7-14(17)9-13/h5-10,12H,17H2,1-4H3,(H,18,19,20). The predicted octanol–water partition coefficient (Wildman–Crippen LogP) is 3.66. The normalized spacial score (nSPS) is 12.4. The van der Waals surface area contributed by atoms with Gasteiger partial charge in [-0.1, -0.05) is 26.0 Å². The largest absolute Gasteiger partial charge is 0.399 e. The Balaban J connectivity index is 2.21. The predicted molar refractivity (Wildman–Crippen MR) is 83.8 cm³/mol. The van der Waals surface area contributed by atoms with E-state index in [9.17, 15) is 0 Å². The summed E-state index contributed by atoms with van der Waals surface area (Å²) in [6, 6.07) is 10.0. The van der Waals surface area contributed by atoms with Crippen molar-refractivity contribution in [3.63, 3.8) is 0 Å². The molecule has 4 heteroatoms. The van der Waals surface area contributed by atoms with Crippen molar-refractivity contribution in [2.45, 2.75) is 39.7 Å². The Kier molecular flexibility index (Phi) is 4.23. The Bertz CT molecular complexity index is 593. The lowest BCUT2D eigenvalue weighted by Gasteiger charge is -2.16. The number of aromatic nitrogens is 2. The molecule has 0 amide bonds. The number of anilines is 2. The Labute approximate surface area is 120 Å². The highest BCUT2D eigenvalue weighted by atomic mass is 15.1. The summed E-state index contributed by atoms with van der Waals surface area (Å²) >= 11 is 0. The molecule has 0 aliphatic rings. The van der Waals surface area contributed by atoms with Crippen LogP contribution in [0.15, 0.2) is 30.3 Å². The van der Waals surface area contributed by atoms with Crippen molar-refractivity contribution < 1.29 is 0 Å². The molecule has 1 unspecified atom stereocenters. The van der Waals surface area contributed by atoms with Crippen LogP contribution in [0.1, 0.15) is 49.7 Å². The van der Waals surface area contributed by atoms with Crippen molar-refractivity contribution in [2.24, 2.45) is 0 Å². The van der Waals surface area contributed by atoms with Gasteiger partial charge in [-0.25, -0.2) is 9.97 Å². The van der Waals surface area contributed by atoms with Crippen LogP contribution in [0, 0.1) is 6.92 Å². The van der Waals surface area contributed by atoms with E-state index in [2.05, 4.69) is 36.1 Å². The van der Waals surface area contributed by atoms with Crippen LogP contribution in [0.3, 0.4) is 0 Å². The van der Waals surface area contributed by atoms with E-state index in [0.717, 1.165) is 22.6 Å². The summed E-state index contributed by atoms with van der Waals surface area (Å²) in [4.78, 5) is 9.02. The van der Waals surface area contributed by atoms with Gasteiger partial charge in [0, 0.05) is 17.1 Å². The van der Waals surface area contributed by atoms with Gasteiger partial charge >= 0.3 is 0 Å². The molecular formula is C16H22N4. The second-order valence-corrected chi connectivity index (χ2v) is 5.45. The van der Waals surface area contributed by atoms with Gasteiger partial charge in [0.25, 0.3) is 0 Å². The number of benzene rings is 1. The van der Waals surface area contributed by atoms with E-state index in [1.165, 1.54) is 0 Å². The first kappa shape index (κ1) is 14.3. The number of nitrogens with two attached hydrogens (primary N) is 1. The van der Waals surface area contributed by atoms with E-state index in [4.69, 9.17) is 5.73 Å². The average Bonchev–Trinajstić information content (AvgIpc) is 2.37. The van der Waals surface area contributed by atoms with Crippen molar-refractivity contribution in [1.29, 1.82) is 0 Å². The molecule has 0 saturated carbocycles. The first-order valence-corrected chi connectivity index (χ1v) is 6.93. The van der Waals surface area contributed by atoms with E-state index in [1.807, 2.05) is 37.3 Å². The second-order valence-electron chi connectivity index (χ2n) is 5.45. The molecule has 0 bridgehead atoms. The van der Waals surface area contributed by atoms with Crippen LogP contribution >= 0.6 is 0 Å². The van der Waals surface area contributed by atoms with E-state index >= 15 is 0 Å². The highest BCUT2D eigenvalue weighted by molar-refractivity contribution is 5.43. The second kappa shape index (κ2) is 5.90. The SMILES string of the molecule is Cc1cc(C(C)C)nc(NC(C)c2cccc(N)c2)n1. The Morgan fingerprint density at radius 3 is 2.50 bits per heavy atom. The maximum Gasteiger partial charge on any atom is 0.223 e. The molecule has 0 radical (unpaired) electrons. The highest BCUT2D eigenvalue weighted by Crippen LogP contribution is 2.20. The minimum Gasteiger partial charge on any atom is -0.399 e. The van der Waals surface area contributed by atoms with Crippen molar-refractivity contribution >= 4 is 11.6 Å². The third-order valence-electron chi connectivity index (χ3n) is 3.22. The molecule has 2 rings (SSSR count). The topological polar surface area (TPSA) is 63.8 Å². The molecule has 106 valence electrons. The zero-order valence-electron chi connectivity index (χ0n) is 12.5. The van der Waals surface area contributed by atoms with E-state index in [0.29, 0.717) is 11.9 Å². The van der Waals surface area contributed by atoms with Gasteiger partial charge in [-0.3, -0.25) is 0 Å². The first-order valence-electron chi connectivity index (χ1n) is 6.93. The molecule has 0 saturated heterocycles. The zero-order valence-corrected chi connectivity index (χ0v) is 12.5. The van der Waals surface area contributed by atoms with Crippen molar-refractivity contribution in [2.75, 3.05) is 11.1 Å². The lowest BCUT2D eigenvalue weighted by atomic mass is 10.1. The number of nitrogens with one attached hydrogen (secondary N) is 1. The lowest BCUT2D eigenvalue weighted by molar-refractivity contribution is 0.794. The first-order chi connectivity index (χ1) is 9.45. The molecule has 0 fully saturated rings. The molecule has 4 nitrogen and oxygen atoms in total. The maximum absolute atomic E-state index is 5.82. The van der Waals surface area contributed by atoms with Crippen LogP contribution in [0.5, 0.6) is 0 Å². The Morgan fingerprint density at radius 1 is 1.10 bits per heavy atom. The van der Waals surface area contributed by atoms with Gasteiger partial charge in [-0.05, 0) is 43.5 Å². The van der Waals surface area contributed by atoms with Crippen LogP contribution in [0.25, 0.3) is 0 Å². The number of nitrogens with zero attached hydrogens (tertiary/aromatic N) is 2. The van der Waals surface area contributed by atoms with Crippen LogP contribution in [0.4, 0.5) is 11.6 Å². The lowest BCUT2D eigenvalue weighted by Crippen LogP contribution is -2.11. The fourth-order valence-electron chi connectivity index (χ4n) is 2.06. The minimum atomic E-state index is 0.111. The molecular weight excluding hydrogens is 248 g/mol. The molecule has 0 aliphatic carbocycles. The molecule has 20 heavy (non-hydrogen) atoms. The zero-order chi connectivity index (χ0) is 14.7. The summed E-state index contributed by atoms with van der Waals surface area (Å²) < 4.78 is 0. The Morgan fingerprint density at radius 2 is 1.85 bits per heavy atom. The quantitative estimate of drug-likeness (QED) is 0.832. The summed E-state index contributed by atoms with van der Waals surface area (Å²) in [7, 11) is 0. The smallest absolute Gasteiger partial charge is 0.223 e.